The van der Waals surface area contributed by atoms with Gasteiger partial charge in [0, 0.05) is 0 Å². The van der Waals surface area contributed by atoms with E-state index < -0.39 is 5.97 Å². The highest BCUT2D eigenvalue weighted by atomic mass is 16.5. The van der Waals surface area contributed by atoms with E-state index in [-0.39, 0.29) is 18.8 Å². The molecule has 0 unspecified atom stereocenters. The summed E-state index contributed by atoms with van der Waals surface area (Å²) in [5, 5.41) is 0. The van der Waals surface area contributed by atoms with Crippen LogP contribution in [0.3, 0.4) is 0 Å². The van der Waals surface area contributed by atoms with Gasteiger partial charge in [-0.3, -0.25) is 9.59 Å². The van der Waals surface area contributed by atoms with Crippen LogP contribution in [0.1, 0.15) is 35.6 Å². The van der Waals surface area contributed by atoms with Gasteiger partial charge in [0.25, 0.3) is 0 Å². The fourth-order valence-corrected chi connectivity index (χ4v) is 1.84. The molecule has 0 spiro atoms. The maximum Gasteiger partial charge on any atom is 0.313 e. The Morgan fingerprint density at radius 2 is 1.84 bits per heavy atom. The highest BCUT2D eigenvalue weighted by molar-refractivity contribution is 5.94. The molecule has 0 atom stereocenters. The molecule has 1 aromatic rings. The molecule has 3 nitrogen and oxygen atoms in total. The lowest BCUT2D eigenvalue weighted by Gasteiger charge is -2.12. The molecule has 0 aromatic heterocycles. The van der Waals surface area contributed by atoms with Crippen molar-refractivity contribution in [1.29, 1.82) is 0 Å². The van der Waals surface area contributed by atoms with Crippen molar-refractivity contribution in [3.63, 3.8) is 0 Å². The molecule has 0 N–H and O–H groups in total. The number of Topliss-reactive ketones (excluding diaryl/α,β-unsaturated/α-hetero) is 1. The first-order chi connectivity index (χ1) is 8.99. The van der Waals surface area contributed by atoms with Crippen LogP contribution in [-0.2, 0) is 20.9 Å². The number of aryl methyl sites for hydroxylation is 1. The highest BCUT2D eigenvalue weighted by Crippen LogP contribution is 2.22. The zero-order chi connectivity index (χ0) is 14.4. The molecule has 1 aromatic carbocycles. The van der Waals surface area contributed by atoms with Crippen LogP contribution in [0, 0.1) is 6.92 Å². The van der Waals surface area contributed by atoms with Crippen LogP contribution in [0.4, 0.5) is 0 Å². The van der Waals surface area contributed by atoms with Crippen molar-refractivity contribution in [3.8, 4) is 0 Å². The van der Waals surface area contributed by atoms with Gasteiger partial charge in [-0.25, -0.2) is 0 Å². The Bertz CT molecular complexity index is 527. The van der Waals surface area contributed by atoms with E-state index in [9.17, 15) is 9.59 Å². The van der Waals surface area contributed by atoms with E-state index in [1.54, 1.807) is 12.2 Å². The van der Waals surface area contributed by atoms with Gasteiger partial charge in [0.2, 0.25) is 0 Å². The van der Waals surface area contributed by atoms with E-state index >= 15 is 0 Å². The molecule has 0 radical (unpaired) electrons. The summed E-state index contributed by atoms with van der Waals surface area (Å²) in [4.78, 5) is 22.2. The first-order valence-corrected chi connectivity index (χ1v) is 6.02. The number of esters is 1. The SMILES string of the molecule is C=Cc1c(C)ccc(COC(=O)CC(C)=O)c1C=C. The van der Waals surface area contributed by atoms with Crippen molar-refractivity contribution in [1.82, 2.24) is 0 Å². The largest absolute Gasteiger partial charge is 0.460 e. The summed E-state index contributed by atoms with van der Waals surface area (Å²) >= 11 is 0. The number of carbonyl (C=O) groups is 2. The van der Waals surface area contributed by atoms with Crippen LogP contribution in [0.25, 0.3) is 12.2 Å². The van der Waals surface area contributed by atoms with Crippen molar-refractivity contribution in [2.24, 2.45) is 0 Å². The molecule has 0 aliphatic rings. The van der Waals surface area contributed by atoms with Gasteiger partial charge >= 0.3 is 5.97 Å². The van der Waals surface area contributed by atoms with E-state index in [0.29, 0.717) is 0 Å². The molecule has 100 valence electrons. The predicted molar refractivity (Wildman–Crippen MR) is 76.5 cm³/mol. The Morgan fingerprint density at radius 3 is 2.37 bits per heavy atom. The Kier molecular flexibility index (Phi) is 5.24. The van der Waals surface area contributed by atoms with Crippen LogP contribution < -0.4 is 0 Å². The molecule has 19 heavy (non-hydrogen) atoms. The normalized spacial score (nSPS) is 9.79. The molecule has 0 saturated heterocycles. The van der Waals surface area contributed by atoms with Gasteiger partial charge in [-0.1, -0.05) is 37.4 Å². The molecule has 1 rings (SSSR count). The molecule has 0 bridgehead atoms. The average molecular weight is 258 g/mol. The first-order valence-electron chi connectivity index (χ1n) is 6.02. The molecular formula is C16H18O3. The van der Waals surface area contributed by atoms with Crippen molar-refractivity contribution >= 4 is 23.9 Å². The van der Waals surface area contributed by atoms with E-state index in [0.717, 1.165) is 22.3 Å². The number of ketones is 1. The summed E-state index contributed by atoms with van der Waals surface area (Å²) in [5.74, 6) is -0.715. The van der Waals surface area contributed by atoms with E-state index in [1.165, 1.54) is 6.92 Å². The van der Waals surface area contributed by atoms with E-state index in [4.69, 9.17) is 4.74 Å². The van der Waals surface area contributed by atoms with E-state index in [2.05, 4.69) is 13.2 Å². The topological polar surface area (TPSA) is 43.4 Å². The summed E-state index contributed by atoms with van der Waals surface area (Å²) in [5.41, 5.74) is 3.83. The Labute approximate surface area is 113 Å². The zero-order valence-corrected chi connectivity index (χ0v) is 11.4. The smallest absolute Gasteiger partial charge is 0.313 e. The predicted octanol–water partition coefficient (Wildman–Crippen LogP) is 3.30. The molecular weight excluding hydrogens is 240 g/mol. The number of ether oxygens (including phenoxy) is 1. The minimum Gasteiger partial charge on any atom is -0.460 e. The third kappa shape index (κ3) is 3.91. The second kappa shape index (κ2) is 6.69. The Balaban J connectivity index is 2.90. The second-order valence-corrected chi connectivity index (χ2v) is 4.32. The van der Waals surface area contributed by atoms with Crippen LogP contribution in [-0.4, -0.2) is 11.8 Å². The summed E-state index contributed by atoms with van der Waals surface area (Å²) in [6.45, 7) is 11.0. The van der Waals surface area contributed by atoms with Gasteiger partial charge in [-0.05, 0) is 36.1 Å². The molecule has 0 amide bonds. The summed E-state index contributed by atoms with van der Waals surface area (Å²) < 4.78 is 5.08. The summed E-state index contributed by atoms with van der Waals surface area (Å²) in [7, 11) is 0. The zero-order valence-electron chi connectivity index (χ0n) is 11.4. The molecule has 0 saturated carbocycles. The third-order valence-corrected chi connectivity index (χ3v) is 2.79. The maximum absolute atomic E-state index is 11.4. The minimum atomic E-state index is -0.511. The van der Waals surface area contributed by atoms with Gasteiger partial charge < -0.3 is 4.74 Å². The monoisotopic (exact) mass is 258 g/mol. The van der Waals surface area contributed by atoms with Gasteiger partial charge in [-0.2, -0.15) is 0 Å². The van der Waals surface area contributed by atoms with Crippen LogP contribution in [0.2, 0.25) is 0 Å². The molecule has 0 aliphatic carbocycles. The van der Waals surface area contributed by atoms with E-state index in [1.807, 2.05) is 19.1 Å². The number of benzene rings is 1. The summed E-state index contributed by atoms with van der Waals surface area (Å²) in [6.07, 6.45) is 3.29. The lowest BCUT2D eigenvalue weighted by Crippen LogP contribution is -2.09. The minimum absolute atomic E-state index is 0.134. The highest BCUT2D eigenvalue weighted by Gasteiger charge is 2.10. The number of carbonyl (C=O) groups excluding carboxylic acids is 2. The molecule has 3 heteroatoms. The first kappa shape index (κ1) is 14.9. The quantitative estimate of drug-likeness (QED) is 0.581. The molecule has 0 fully saturated rings. The Morgan fingerprint density at radius 1 is 1.21 bits per heavy atom. The average Bonchev–Trinajstić information content (AvgIpc) is 2.35. The van der Waals surface area contributed by atoms with Crippen LogP contribution in [0.15, 0.2) is 25.3 Å². The van der Waals surface area contributed by atoms with Crippen molar-refractivity contribution in [2.75, 3.05) is 0 Å². The number of hydrogen-bond acceptors (Lipinski definition) is 3. The van der Waals surface area contributed by atoms with Crippen molar-refractivity contribution in [2.45, 2.75) is 26.9 Å². The lowest BCUT2D eigenvalue weighted by molar-refractivity contribution is -0.146. The maximum atomic E-state index is 11.4. The van der Waals surface area contributed by atoms with Crippen LogP contribution >= 0.6 is 0 Å². The lowest BCUT2D eigenvalue weighted by atomic mass is 9.97. The van der Waals surface area contributed by atoms with Crippen molar-refractivity contribution in [3.05, 3.63) is 47.5 Å². The number of hydrogen-bond donors (Lipinski definition) is 0. The molecule has 0 heterocycles. The molecule has 0 aliphatic heterocycles. The fourth-order valence-electron chi connectivity index (χ4n) is 1.84. The third-order valence-electron chi connectivity index (χ3n) is 2.79. The number of rotatable bonds is 6. The Hall–Kier alpha value is -2.16. The fraction of sp³-hybridized carbons (Fsp3) is 0.250. The van der Waals surface area contributed by atoms with Gasteiger partial charge in [0.1, 0.15) is 18.8 Å². The van der Waals surface area contributed by atoms with Gasteiger partial charge in [0.15, 0.2) is 0 Å². The van der Waals surface area contributed by atoms with Crippen molar-refractivity contribution < 1.29 is 14.3 Å². The van der Waals surface area contributed by atoms with Gasteiger partial charge in [0.05, 0.1) is 0 Å². The standard InChI is InChI=1S/C16H18O3/c1-5-14-11(3)7-8-13(15(14)6-2)10-19-16(18)9-12(4)17/h5-8H,1-2,9-10H2,3-4H3. The van der Waals surface area contributed by atoms with Crippen LogP contribution in [0.5, 0.6) is 0 Å². The second-order valence-electron chi connectivity index (χ2n) is 4.32. The van der Waals surface area contributed by atoms with Gasteiger partial charge in [-0.15, -0.1) is 0 Å². The summed E-state index contributed by atoms with van der Waals surface area (Å²) in [6, 6.07) is 3.83.